The zero-order chi connectivity index (χ0) is 23.5. The van der Waals surface area contributed by atoms with E-state index in [9.17, 15) is 9.59 Å². The first-order chi connectivity index (χ1) is 16.5. The number of amides is 2. The van der Waals surface area contributed by atoms with Crippen LogP contribution >= 0.6 is 15.9 Å². The molecule has 9 heteroatoms. The van der Waals surface area contributed by atoms with Gasteiger partial charge in [-0.05, 0) is 68.8 Å². The molecule has 5 rings (SSSR count). The molecule has 1 aromatic heterocycles. The van der Waals surface area contributed by atoms with Crippen molar-refractivity contribution in [3.63, 3.8) is 0 Å². The minimum atomic E-state index is -0.0315. The fraction of sp³-hybridized carbons (Fsp3) is 0.360. The molecular weight excluding hydrogens is 498 g/mol. The van der Waals surface area contributed by atoms with E-state index in [1.807, 2.05) is 48.5 Å². The normalized spacial score (nSPS) is 17.3. The van der Waals surface area contributed by atoms with Crippen LogP contribution in [0.1, 0.15) is 31.6 Å². The molecule has 3 aromatic rings. The van der Waals surface area contributed by atoms with Gasteiger partial charge in [0.1, 0.15) is 0 Å². The molecule has 2 aliphatic rings. The number of piperidine rings is 1. The second kappa shape index (κ2) is 10.1. The minimum absolute atomic E-state index is 0.0315. The van der Waals surface area contributed by atoms with Crippen LogP contribution in [0.25, 0.3) is 11.4 Å². The zero-order valence-electron chi connectivity index (χ0n) is 18.7. The third-order valence-corrected chi connectivity index (χ3v) is 6.88. The number of nitrogens with one attached hydrogen (secondary N) is 1. The van der Waals surface area contributed by atoms with E-state index in [2.05, 4.69) is 36.3 Å². The van der Waals surface area contributed by atoms with E-state index in [4.69, 9.17) is 4.52 Å². The molecule has 2 fully saturated rings. The van der Waals surface area contributed by atoms with Gasteiger partial charge in [-0.3, -0.25) is 14.5 Å². The third-order valence-electron chi connectivity index (χ3n) is 6.39. The first-order valence-corrected chi connectivity index (χ1v) is 12.4. The lowest BCUT2D eigenvalue weighted by Gasteiger charge is -2.30. The molecule has 0 unspecified atom stereocenters. The number of carbonyl (C=O) groups excluding carboxylic acids is 2. The highest BCUT2D eigenvalue weighted by atomic mass is 79.9. The Kier molecular flexibility index (Phi) is 6.73. The lowest BCUT2D eigenvalue weighted by molar-refractivity contribution is -0.121. The summed E-state index contributed by atoms with van der Waals surface area (Å²) >= 11 is 3.46. The maximum atomic E-state index is 12.8. The lowest BCUT2D eigenvalue weighted by atomic mass is 9.96. The van der Waals surface area contributed by atoms with Gasteiger partial charge >= 0.3 is 0 Å². The highest BCUT2D eigenvalue weighted by Gasteiger charge is 2.26. The summed E-state index contributed by atoms with van der Waals surface area (Å²) in [7, 11) is 0. The molecule has 2 saturated heterocycles. The Morgan fingerprint density at radius 3 is 2.62 bits per heavy atom. The summed E-state index contributed by atoms with van der Waals surface area (Å²) in [6.45, 7) is 2.93. The Balaban J connectivity index is 1.11. The molecule has 34 heavy (non-hydrogen) atoms. The minimum Gasteiger partial charge on any atom is -0.338 e. The van der Waals surface area contributed by atoms with Crippen molar-refractivity contribution in [2.75, 3.05) is 29.9 Å². The summed E-state index contributed by atoms with van der Waals surface area (Å²) in [5.41, 5.74) is 2.55. The molecule has 176 valence electrons. The van der Waals surface area contributed by atoms with Crippen LogP contribution in [-0.2, 0) is 16.1 Å². The van der Waals surface area contributed by atoms with Crippen molar-refractivity contribution in [3.8, 4) is 11.4 Å². The fourth-order valence-corrected chi connectivity index (χ4v) is 4.90. The zero-order valence-corrected chi connectivity index (χ0v) is 20.3. The molecule has 2 aliphatic heterocycles. The molecule has 3 heterocycles. The fourth-order valence-electron chi connectivity index (χ4n) is 4.50. The number of benzene rings is 2. The predicted molar refractivity (Wildman–Crippen MR) is 132 cm³/mol. The number of aromatic nitrogens is 2. The van der Waals surface area contributed by atoms with Gasteiger partial charge in [0.2, 0.25) is 23.5 Å². The molecule has 0 aliphatic carbocycles. The first kappa shape index (κ1) is 22.7. The van der Waals surface area contributed by atoms with Gasteiger partial charge in [-0.2, -0.15) is 4.98 Å². The van der Waals surface area contributed by atoms with Gasteiger partial charge in [-0.1, -0.05) is 33.2 Å². The summed E-state index contributed by atoms with van der Waals surface area (Å²) in [6, 6.07) is 15.3. The molecule has 2 amide bonds. The van der Waals surface area contributed by atoms with Crippen LogP contribution in [-0.4, -0.2) is 46.5 Å². The van der Waals surface area contributed by atoms with Gasteiger partial charge in [0.05, 0.1) is 6.54 Å². The third kappa shape index (κ3) is 5.20. The topological polar surface area (TPSA) is 91.6 Å². The molecule has 0 bridgehead atoms. The van der Waals surface area contributed by atoms with Crippen LogP contribution in [0.2, 0.25) is 0 Å². The highest BCUT2D eigenvalue weighted by Crippen LogP contribution is 2.25. The summed E-state index contributed by atoms with van der Waals surface area (Å²) in [6.07, 6.45) is 3.06. The Hall–Kier alpha value is -3.04. The van der Waals surface area contributed by atoms with Crippen molar-refractivity contribution < 1.29 is 14.1 Å². The van der Waals surface area contributed by atoms with Crippen molar-refractivity contribution in [2.45, 2.75) is 32.2 Å². The van der Waals surface area contributed by atoms with Crippen LogP contribution in [0.3, 0.4) is 0 Å². The number of carbonyl (C=O) groups is 2. The van der Waals surface area contributed by atoms with Crippen LogP contribution in [0.5, 0.6) is 0 Å². The Labute approximate surface area is 206 Å². The van der Waals surface area contributed by atoms with E-state index in [-0.39, 0.29) is 17.7 Å². The quantitative estimate of drug-likeness (QED) is 0.512. The second-order valence-corrected chi connectivity index (χ2v) is 9.67. The lowest BCUT2D eigenvalue weighted by Crippen LogP contribution is -2.37. The van der Waals surface area contributed by atoms with E-state index < -0.39 is 0 Å². The number of likely N-dealkylation sites (tertiary alicyclic amines) is 1. The van der Waals surface area contributed by atoms with Gasteiger partial charge in [0.15, 0.2) is 0 Å². The first-order valence-electron chi connectivity index (χ1n) is 11.6. The van der Waals surface area contributed by atoms with Crippen LogP contribution in [0.15, 0.2) is 57.5 Å². The van der Waals surface area contributed by atoms with Crippen molar-refractivity contribution in [3.05, 3.63) is 58.9 Å². The summed E-state index contributed by atoms with van der Waals surface area (Å²) in [4.78, 5) is 33.2. The van der Waals surface area contributed by atoms with E-state index in [1.54, 1.807) is 4.90 Å². The Morgan fingerprint density at radius 1 is 1.12 bits per heavy atom. The van der Waals surface area contributed by atoms with E-state index in [0.29, 0.717) is 24.7 Å². The van der Waals surface area contributed by atoms with Crippen molar-refractivity contribution in [1.82, 2.24) is 15.0 Å². The molecule has 1 N–H and O–H groups in total. The van der Waals surface area contributed by atoms with Crippen molar-refractivity contribution in [2.24, 2.45) is 5.92 Å². The van der Waals surface area contributed by atoms with Crippen LogP contribution in [0.4, 0.5) is 11.4 Å². The van der Waals surface area contributed by atoms with Crippen LogP contribution in [0, 0.1) is 5.92 Å². The number of hydrogen-bond acceptors (Lipinski definition) is 6. The van der Waals surface area contributed by atoms with Gasteiger partial charge in [-0.25, -0.2) is 0 Å². The standard InChI is InChI=1S/C25H26BrN5O3/c26-19-4-1-3-18(15-19)24-28-22(34-29-24)16-30-13-10-17(11-14-30)25(33)27-20-6-8-21(9-7-20)31-12-2-5-23(31)32/h1,3-4,6-9,15,17H,2,5,10-14,16H2,(H,27,33). The SMILES string of the molecule is O=C(Nc1ccc(N2CCCC2=O)cc1)C1CCN(Cc2nc(-c3cccc(Br)c3)no2)CC1. The van der Waals surface area contributed by atoms with E-state index >= 15 is 0 Å². The molecule has 0 spiro atoms. The van der Waals surface area contributed by atoms with Crippen molar-refractivity contribution >= 4 is 39.1 Å². The number of hydrogen-bond donors (Lipinski definition) is 1. The molecular formula is C25H26BrN5O3. The summed E-state index contributed by atoms with van der Waals surface area (Å²) in [5.74, 6) is 1.32. The summed E-state index contributed by atoms with van der Waals surface area (Å²) in [5, 5.41) is 7.12. The summed E-state index contributed by atoms with van der Waals surface area (Å²) < 4.78 is 6.41. The number of halogens is 1. The molecule has 0 saturated carbocycles. The average molecular weight is 524 g/mol. The largest absolute Gasteiger partial charge is 0.338 e. The van der Waals surface area contributed by atoms with E-state index in [0.717, 1.165) is 60.3 Å². The molecule has 8 nitrogen and oxygen atoms in total. The predicted octanol–water partition coefficient (Wildman–Crippen LogP) is 4.48. The Morgan fingerprint density at radius 2 is 1.91 bits per heavy atom. The van der Waals surface area contributed by atoms with Crippen LogP contribution < -0.4 is 10.2 Å². The van der Waals surface area contributed by atoms with Crippen molar-refractivity contribution in [1.29, 1.82) is 0 Å². The second-order valence-electron chi connectivity index (χ2n) is 8.76. The van der Waals surface area contributed by atoms with Gasteiger partial charge < -0.3 is 14.7 Å². The monoisotopic (exact) mass is 523 g/mol. The van der Waals surface area contributed by atoms with Gasteiger partial charge in [-0.15, -0.1) is 0 Å². The maximum Gasteiger partial charge on any atom is 0.241 e. The van der Waals surface area contributed by atoms with E-state index in [1.165, 1.54) is 0 Å². The number of rotatable bonds is 6. The molecule has 0 atom stereocenters. The molecule has 0 radical (unpaired) electrons. The molecule has 2 aromatic carbocycles. The van der Waals surface area contributed by atoms with Gasteiger partial charge in [0, 0.05) is 40.3 Å². The maximum absolute atomic E-state index is 12.8. The number of anilines is 2. The highest BCUT2D eigenvalue weighted by molar-refractivity contribution is 9.10. The average Bonchev–Trinajstić information content (AvgIpc) is 3.49. The smallest absolute Gasteiger partial charge is 0.241 e. The Bertz CT molecular complexity index is 1170. The number of nitrogens with zero attached hydrogens (tertiary/aromatic N) is 4. The van der Waals surface area contributed by atoms with Gasteiger partial charge in [0.25, 0.3) is 0 Å².